The van der Waals surface area contributed by atoms with E-state index < -0.39 is 14.9 Å². The number of ether oxygens (including phenoxy) is 1. The molecular formula is C9H9Cl2FO3S. The van der Waals surface area contributed by atoms with Crippen molar-refractivity contribution in [2.24, 2.45) is 0 Å². The second-order valence-electron chi connectivity index (χ2n) is 3.04. The van der Waals surface area contributed by atoms with Gasteiger partial charge in [-0.3, -0.25) is 0 Å². The van der Waals surface area contributed by atoms with Gasteiger partial charge in [-0.1, -0.05) is 11.6 Å². The molecule has 0 aliphatic carbocycles. The van der Waals surface area contributed by atoms with Crippen LogP contribution < -0.4 is 4.74 Å². The first kappa shape index (κ1) is 13.5. The minimum absolute atomic E-state index is 0.0808. The summed E-state index contributed by atoms with van der Waals surface area (Å²) in [6.45, 7) is 0. The van der Waals surface area contributed by atoms with Crippen molar-refractivity contribution in [2.75, 3.05) is 12.9 Å². The molecule has 0 aromatic heterocycles. The molecule has 0 amide bonds. The van der Waals surface area contributed by atoms with Crippen molar-refractivity contribution in [3.63, 3.8) is 0 Å². The van der Waals surface area contributed by atoms with Gasteiger partial charge < -0.3 is 4.74 Å². The topological polar surface area (TPSA) is 43.4 Å². The first-order valence-electron chi connectivity index (χ1n) is 4.28. The Morgan fingerprint density at radius 3 is 2.56 bits per heavy atom. The van der Waals surface area contributed by atoms with E-state index in [1.54, 1.807) is 0 Å². The average molecular weight is 287 g/mol. The maximum Gasteiger partial charge on any atom is 0.232 e. The number of hydrogen-bond acceptors (Lipinski definition) is 3. The predicted octanol–water partition coefficient (Wildman–Crippen LogP) is 2.60. The number of hydrogen-bond donors (Lipinski definition) is 0. The van der Waals surface area contributed by atoms with E-state index in [-0.39, 0.29) is 28.5 Å². The summed E-state index contributed by atoms with van der Waals surface area (Å²) in [6, 6.07) is 2.82. The molecular weight excluding hydrogens is 278 g/mol. The quantitative estimate of drug-likeness (QED) is 0.799. The summed E-state index contributed by atoms with van der Waals surface area (Å²) in [5, 5.41) is -0.0808. The van der Waals surface area contributed by atoms with E-state index in [1.165, 1.54) is 19.2 Å². The molecule has 0 fully saturated rings. The Hall–Kier alpha value is -0.520. The second-order valence-corrected chi connectivity index (χ2v) is 6.34. The summed E-state index contributed by atoms with van der Waals surface area (Å²) < 4.78 is 40.0. The largest absolute Gasteiger partial charge is 0.496 e. The van der Waals surface area contributed by atoms with Crippen LogP contribution in [-0.4, -0.2) is 21.3 Å². The molecule has 16 heavy (non-hydrogen) atoms. The number of halogens is 3. The van der Waals surface area contributed by atoms with Crippen LogP contribution in [0.4, 0.5) is 4.39 Å². The fourth-order valence-corrected chi connectivity index (χ4v) is 2.08. The maximum absolute atomic E-state index is 13.6. The molecule has 0 spiro atoms. The molecule has 0 bridgehead atoms. The van der Waals surface area contributed by atoms with Gasteiger partial charge in [-0.25, -0.2) is 12.8 Å². The molecule has 0 unspecified atom stereocenters. The van der Waals surface area contributed by atoms with Crippen molar-refractivity contribution >= 4 is 31.3 Å². The van der Waals surface area contributed by atoms with Gasteiger partial charge in [0.1, 0.15) is 11.6 Å². The summed E-state index contributed by atoms with van der Waals surface area (Å²) in [5.41, 5.74) is 0.110. The van der Waals surface area contributed by atoms with Gasteiger partial charge in [0.2, 0.25) is 9.05 Å². The number of methoxy groups -OCH3 is 1. The van der Waals surface area contributed by atoms with Crippen molar-refractivity contribution < 1.29 is 17.5 Å². The molecule has 0 saturated heterocycles. The molecule has 1 aromatic rings. The summed E-state index contributed by atoms with van der Waals surface area (Å²) in [4.78, 5) is 0. The van der Waals surface area contributed by atoms with Crippen molar-refractivity contribution in [3.8, 4) is 5.75 Å². The molecule has 0 radical (unpaired) electrons. The minimum Gasteiger partial charge on any atom is -0.496 e. The normalized spacial score (nSPS) is 11.5. The standard InChI is InChI=1S/C9H9Cl2FO3S/c1-15-8-3-2-7(10)9(12)6(8)4-5-16(11,13)14/h2-3H,4-5H2,1H3. The van der Waals surface area contributed by atoms with E-state index in [1.807, 2.05) is 0 Å². The van der Waals surface area contributed by atoms with Gasteiger partial charge in [-0.2, -0.15) is 0 Å². The summed E-state index contributed by atoms with van der Waals surface area (Å²) in [5.74, 6) is -0.800. The van der Waals surface area contributed by atoms with Gasteiger partial charge in [-0.05, 0) is 18.6 Å². The molecule has 1 aromatic carbocycles. The SMILES string of the molecule is COc1ccc(Cl)c(F)c1CCS(=O)(=O)Cl. The van der Waals surface area contributed by atoms with Crippen LogP contribution >= 0.6 is 22.3 Å². The van der Waals surface area contributed by atoms with Crippen LogP contribution in [0.1, 0.15) is 5.56 Å². The third-order valence-electron chi connectivity index (χ3n) is 1.97. The number of benzene rings is 1. The summed E-state index contributed by atoms with van der Waals surface area (Å²) in [6.07, 6.45) is -0.0819. The van der Waals surface area contributed by atoms with Crippen LogP contribution in [0.25, 0.3) is 0 Å². The zero-order valence-corrected chi connectivity index (χ0v) is 10.7. The van der Waals surface area contributed by atoms with Crippen LogP contribution in [0.15, 0.2) is 12.1 Å². The number of rotatable bonds is 4. The smallest absolute Gasteiger partial charge is 0.232 e. The van der Waals surface area contributed by atoms with Gasteiger partial charge in [-0.15, -0.1) is 0 Å². The molecule has 90 valence electrons. The van der Waals surface area contributed by atoms with Gasteiger partial charge >= 0.3 is 0 Å². The highest BCUT2D eigenvalue weighted by molar-refractivity contribution is 8.13. The van der Waals surface area contributed by atoms with Gasteiger partial charge in [0, 0.05) is 16.2 Å². The fraction of sp³-hybridized carbons (Fsp3) is 0.333. The highest BCUT2D eigenvalue weighted by atomic mass is 35.7. The zero-order valence-electron chi connectivity index (χ0n) is 8.34. The Kier molecular flexibility index (Phi) is 4.41. The Morgan fingerprint density at radius 1 is 1.44 bits per heavy atom. The Morgan fingerprint density at radius 2 is 2.06 bits per heavy atom. The average Bonchev–Trinajstić information content (AvgIpc) is 2.19. The maximum atomic E-state index is 13.6. The van der Waals surface area contributed by atoms with Crippen LogP contribution in [0, 0.1) is 5.82 Å². The lowest BCUT2D eigenvalue weighted by Crippen LogP contribution is -2.05. The fourth-order valence-electron chi connectivity index (χ4n) is 1.22. The molecule has 7 heteroatoms. The first-order valence-corrected chi connectivity index (χ1v) is 7.14. The van der Waals surface area contributed by atoms with Crippen molar-refractivity contribution in [2.45, 2.75) is 6.42 Å². The zero-order chi connectivity index (χ0) is 12.3. The van der Waals surface area contributed by atoms with E-state index in [0.717, 1.165) is 0 Å². The van der Waals surface area contributed by atoms with Gasteiger partial charge in [0.05, 0.1) is 17.9 Å². The monoisotopic (exact) mass is 286 g/mol. The van der Waals surface area contributed by atoms with E-state index >= 15 is 0 Å². The van der Waals surface area contributed by atoms with Crippen LogP contribution in [0.2, 0.25) is 5.02 Å². The van der Waals surface area contributed by atoms with Crippen molar-refractivity contribution in [1.29, 1.82) is 0 Å². The Labute approximate surface area is 103 Å². The second kappa shape index (κ2) is 5.21. The third-order valence-corrected chi connectivity index (χ3v) is 3.42. The van der Waals surface area contributed by atoms with Crippen LogP contribution in [-0.2, 0) is 15.5 Å². The first-order chi connectivity index (χ1) is 7.35. The highest BCUT2D eigenvalue weighted by Gasteiger charge is 2.15. The van der Waals surface area contributed by atoms with Crippen molar-refractivity contribution in [3.05, 3.63) is 28.5 Å². The molecule has 0 atom stereocenters. The van der Waals surface area contributed by atoms with E-state index in [4.69, 9.17) is 27.0 Å². The molecule has 0 aliphatic heterocycles. The molecule has 0 heterocycles. The predicted molar refractivity (Wildman–Crippen MR) is 61.3 cm³/mol. The lowest BCUT2D eigenvalue weighted by atomic mass is 10.1. The Bertz CT molecular complexity index is 488. The van der Waals surface area contributed by atoms with E-state index in [0.29, 0.717) is 0 Å². The molecule has 0 N–H and O–H groups in total. The minimum atomic E-state index is -3.67. The van der Waals surface area contributed by atoms with Gasteiger partial charge in [0.25, 0.3) is 0 Å². The van der Waals surface area contributed by atoms with E-state index in [9.17, 15) is 12.8 Å². The van der Waals surface area contributed by atoms with E-state index in [2.05, 4.69) is 0 Å². The molecule has 3 nitrogen and oxygen atoms in total. The van der Waals surface area contributed by atoms with Crippen molar-refractivity contribution in [1.82, 2.24) is 0 Å². The van der Waals surface area contributed by atoms with Crippen LogP contribution in [0.3, 0.4) is 0 Å². The molecule has 0 saturated carbocycles. The van der Waals surface area contributed by atoms with Crippen LogP contribution in [0.5, 0.6) is 5.75 Å². The highest BCUT2D eigenvalue weighted by Crippen LogP contribution is 2.28. The third kappa shape index (κ3) is 3.50. The molecule has 1 rings (SSSR count). The lowest BCUT2D eigenvalue weighted by Gasteiger charge is -2.09. The summed E-state index contributed by atoms with van der Waals surface area (Å²) in [7, 11) is 2.74. The summed E-state index contributed by atoms with van der Waals surface area (Å²) >= 11 is 5.58. The lowest BCUT2D eigenvalue weighted by molar-refractivity contribution is 0.405. The van der Waals surface area contributed by atoms with Gasteiger partial charge in [0.15, 0.2) is 0 Å². The Balaban J connectivity index is 3.06. The molecule has 0 aliphatic rings.